The van der Waals surface area contributed by atoms with Gasteiger partial charge in [-0.25, -0.2) is 9.59 Å². The summed E-state index contributed by atoms with van der Waals surface area (Å²) in [5, 5.41) is 25.5. The van der Waals surface area contributed by atoms with Gasteiger partial charge in [0.2, 0.25) is 17.5 Å². The Hall–Kier alpha value is -15.7. The van der Waals surface area contributed by atoms with E-state index in [1.165, 1.54) is 44.8 Å². The van der Waals surface area contributed by atoms with Gasteiger partial charge in [0.15, 0.2) is 28.8 Å². The molecular formula is C91H82N2O23. The lowest BCUT2D eigenvalue weighted by Gasteiger charge is -2.02. The Morgan fingerprint density at radius 1 is 0.422 bits per heavy atom. The summed E-state index contributed by atoms with van der Waals surface area (Å²) in [4.78, 5) is 74.8. The third-order valence-corrected chi connectivity index (χ3v) is 13.3. The summed E-state index contributed by atoms with van der Waals surface area (Å²) in [6.07, 6.45) is 12.4. The Balaban J connectivity index is 0.000000241. The first-order valence-electron chi connectivity index (χ1n) is 34.9. The lowest BCUT2D eigenvalue weighted by atomic mass is 10.3. The van der Waals surface area contributed by atoms with Crippen LogP contribution in [0.5, 0.6) is 28.7 Å². The van der Waals surface area contributed by atoms with Crippen LogP contribution in [0, 0.1) is 47.9 Å². The molecule has 0 saturated heterocycles. The summed E-state index contributed by atoms with van der Waals surface area (Å²) in [7, 11) is 1.28. The van der Waals surface area contributed by atoms with Crippen molar-refractivity contribution in [1.29, 1.82) is 0 Å². The quantitative estimate of drug-likeness (QED) is 0.0123. The molecule has 0 spiro atoms. The molecule has 0 aliphatic carbocycles. The highest BCUT2D eigenvalue weighted by Gasteiger charge is 2.11. The number of aliphatic hydroxyl groups is 2. The highest BCUT2D eigenvalue weighted by atomic mass is 16.5. The number of hydrogen-bond acceptors (Lipinski definition) is 22. The molecule has 0 unspecified atom stereocenters. The highest BCUT2D eigenvalue weighted by molar-refractivity contribution is 6.06. The van der Waals surface area contributed by atoms with Crippen LogP contribution in [0.1, 0.15) is 117 Å². The number of terminal acetylenes is 1. The van der Waals surface area contributed by atoms with Gasteiger partial charge in [0.25, 0.3) is 11.7 Å². The van der Waals surface area contributed by atoms with Crippen LogP contribution in [-0.4, -0.2) is 63.5 Å². The van der Waals surface area contributed by atoms with Gasteiger partial charge < -0.3 is 86.1 Å². The van der Waals surface area contributed by atoms with Crippen molar-refractivity contribution in [1.82, 2.24) is 0 Å². The van der Waals surface area contributed by atoms with Gasteiger partial charge in [-0.2, -0.15) is 0 Å². The number of amides is 2. The molecule has 7 heterocycles. The fourth-order valence-corrected chi connectivity index (χ4v) is 8.15. The maximum absolute atomic E-state index is 11.2. The zero-order chi connectivity index (χ0) is 83.9. The summed E-state index contributed by atoms with van der Waals surface area (Å²) in [5.41, 5.74) is 9.77. The fraction of sp³-hybridized carbons (Fsp3) is 0.132. The largest absolute Gasteiger partial charge is 0.486 e. The molecule has 0 aliphatic heterocycles. The van der Waals surface area contributed by atoms with Crippen molar-refractivity contribution in [2.75, 3.05) is 7.11 Å². The molecular weight excluding hydrogens is 1490 g/mol. The van der Waals surface area contributed by atoms with E-state index in [0.29, 0.717) is 95.6 Å². The minimum atomic E-state index is -1.03. The molecule has 0 fully saturated rings. The number of benzene rings is 5. The molecule has 594 valence electrons. The number of rotatable bonds is 24. The molecule has 0 radical (unpaired) electrons. The summed E-state index contributed by atoms with van der Waals surface area (Å²) in [6, 6.07) is 70.5. The molecule has 0 atom stereocenters. The summed E-state index contributed by atoms with van der Waals surface area (Å²) in [5.74, 6) is 23.3. The van der Waals surface area contributed by atoms with Crippen LogP contribution in [0.4, 0.5) is 0 Å². The van der Waals surface area contributed by atoms with Crippen LogP contribution in [0.15, 0.2) is 292 Å². The van der Waals surface area contributed by atoms with Crippen molar-refractivity contribution in [3.8, 4) is 76.6 Å². The molecule has 25 heteroatoms. The number of carboxylic acid groups (broad SMARTS) is 1. The molecule has 2 amide bonds. The SMILES string of the molecule is C#CC(=O)c1ccc(COc2ccccc2)o1.C=CC(=O)c1ccc(COc2ccccc2)o1.CC(=O)C#Cc1ccc(COc2ccccc2)o1.CCC.COC(=O)C#Cc1ccc(COc2ccccc2)o1.NC(=O)/C=C/c1ccc(CO)o1.NC(=O)C#Cc1ccc(COc2ccccc2)o1.O=C(O)/C=C/c1ccc(CO)o1. The van der Waals surface area contributed by atoms with Crippen LogP contribution in [0.2, 0.25) is 0 Å². The topological polar surface area (TPSA) is 380 Å². The second-order valence-corrected chi connectivity index (χ2v) is 22.6. The standard InChI is InChI=1S/C15H12O4.C15H12O3.C14H11NO3.C14H12O3.C14H10O3.C8H9NO3.C8H8O4.C3H8/c1-17-15(16)10-9-13-7-8-14(19-13)11-18-12-5-3-2-4-6-12;1-12(16)7-8-14-9-10-15(18-14)11-17-13-5-3-2-4-6-13;15-14(16)9-8-12-6-7-13(18-12)10-17-11-4-2-1-3-5-11;2*1-2-13(15)14-9-8-12(17-14)10-16-11-6-4-3-5-7-11;9-8(11)4-3-6-1-2-7(5-10)12-6;9-5-7-2-1-6(12-7)3-4-8(10)11;1-3-2/h2-8H,11H2,1H3;2-6,9-10H,11H2,1H3;1-7H,10H2,(H2,15,16);2-9H,1,10H2;1,3-9H,10H2;1-4,10H,5H2,(H2,9,11);1-4,9H,5H2,(H,10,11);3H2,1-2H3/b;;;;;2*4-3+;. The van der Waals surface area contributed by atoms with E-state index in [0.717, 1.165) is 34.8 Å². The average molecular weight is 1570 g/mol. The number of aliphatic hydroxyl groups excluding tert-OH is 2. The lowest BCUT2D eigenvalue weighted by Crippen LogP contribution is -2.05. The number of carbonyl (C=O) groups excluding carboxylic acids is 6. The molecule has 0 aliphatic rings. The molecule has 0 bridgehead atoms. The Kier molecular flexibility index (Phi) is 41.7. The Morgan fingerprint density at radius 3 is 1.05 bits per heavy atom. The number of furan rings is 7. The smallest absolute Gasteiger partial charge is 0.384 e. The van der Waals surface area contributed by atoms with Gasteiger partial charge >= 0.3 is 11.9 Å². The van der Waals surface area contributed by atoms with Crippen molar-refractivity contribution in [2.45, 2.75) is 73.4 Å². The van der Waals surface area contributed by atoms with E-state index in [1.54, 1.807) is 84.9 Å². The number of aliphatic carboxylic acids is 1. The van der Waals surface area contributed by atoms with Crippen molar-refractivity contribution in [3.05, 3.63) is 342 Å². The number of allylic oxidation sites excluding steroid dienone is 1. The van der Waals surface area contributed by atoms with Gasteiger partial charge in [-0.05, 0) is 193 Å². The number of para-hydroxylation sites is 5. The Morgan fingerprint density at radius 2 is 0.741 bits per heavy atom. The second kappa shape index (κ2) is 53.2. The maximum Gasteiger partial charge on any atom is 0.384 e. The van der Waals surface area contributed by atoms with E-state index in [9.17, 15) is 33.6 Å². The summed E-state index contributed by atoms with van der Waals surface area (Å²) < 4.78 is 68.6. The van der Waals surface area contributed by atoms with Crippen molar-refractivity contribution >= 4 is 53.3 Å². The average Bonchev–Trinajstić information content (AvgIpc) is 1.76. The molecule has 5 aromatic carbocycles. The molecule has 7 N–H and O–H groups in total. The van der Waals surface area contributed by atoms with Gasteiger partial charge in [-0.15, -0.1) is 6.42 Å². The zero-order valence-corrected chi connectivity index (χ0v) is 63.5. The molecule has 0 saturated carbocycles. The number of Topliss-reactive ketones (excluding diaryl/α,β-unsaturated/α-hetero) is 2. The van der Waals surface area contributed by atoms with Crippen LogP contribution < -0.4 is 35.2 Å². The first kappa shape index (κ1) is 90.9. The van der Waals surface area contributed by atoms with E-state index < -0.39 is 29.5 Å². The number of carboxylic acids is 1. The summed E-state index contributed by atoms with van der Waals surface area (Å²) >= 11 is 0. The third-order valence-electron chi connectivity index (χ3n) is 13.3. The third kappa shape index (κ3) is 38.6. The van der Waals surface area contributed by atoms with Crippen molar-refractivity contribution < 1.29 is 108 Å². The van der Waals surface area contributed by atoms with Gasteiger partial charge in [-0.1, -0.05) is 118 Å². The zero-order valence-electron chi connectivity index (χ0n) is 63.5. The maximum atomic E-state index is 11.2. The van der Waals surface area contributed by atoms with Crippen molar-refractivity contribution in [2.24, 2.45) is 11.5 Å². The molecule has 25 nitrogen and oxygen atoms in total. The fourth-order valence-electron chi connectivity index (χ4n) is 8.15. The predicted octanol–water partition coefficient (Wildman–Crippen LogP) is 15.3. The van der Waals surface area contributed by atoms with E-state index in [1.807, 2.05) is 158 Å². The number of primary amides is 2. The Bertz CT molecular complexity index is 5110. The minimum absolute atomic E-state index is 0.148. The normalized spacial score (nSPS) is 9.66. The molecule has 7 aromatic heterocycles. The van der Waals surface area contributed by atoms with Crippen LogP contribution in [0.25, 0.3) is 12.2 Å². The first-order valence-corrected chi connectivity index (χ1v) is 34.9. The molecule has 12 rings (SSSR count). The van der Waals surface area contributed by atoms with Gasteiger partial charge in [0, 0.05) is 30.9 Å². The Labute approximate surface area is 669 Å². The number of ketones is 3. The van der Waals surface area contributed by atoms with E-state index in [-0.39, 0.29) is 42.9 Å². The predicted molar refractivity (Wildman–Crippen MR) is 428 cm³/mol. The van der Waals surface area contributed by atoms with E-state index in [4.69, 9.17) is 87.8 Å². The summed E-state index contributed by atoms with van der Waals surface area (Å²) in [6.45, 7) is 10.3. The van der Waals surface area contributed by atoms with E-state index in [2.05, 4.69) is 60.7 Å². The molecule has 12 aromatic rings. The van der Waals surface area contributed by atoms with Crippen LogP contribution >= 0.6 is 0 Å². The van der Waals surface area contributed by atoms with Crippen LogP contribution in [-0.2, 0) is 75.0 Å². The number of carbonyl (C=O) groups is 7. The van der Waals surface area contributed by atoms with Gasteiger partial charge in [0.05, 0.1) is 7.11 Å². The highest BCUT2D eigenvalue weighted by Crippen LogP contribution is 2.20. The molecule has 116 heavy (non-hydrogen) atoms. The number of nitrogens with two attached hydrogens (primary N) is 2. The first-order chi connectivity index (χ1) is 56.2. The van der Waals surface area contributed by atoms with Crippen LogP contribution in [0.3, 0.4) is 0 Å². The van der Waals surface area contributed by atoms with Gasteiger partial charge in [0.1, 0.15) is 127 Å². The minimum Gasteiger partial charge on any atom is -0.486 e. The monoisotopic (exact) mass is 1570 g/mol. The lowest BCUT2D eigenvalue weighted by molar-refractivity contribution is -0.134. The number of ether oxygens (including phenoxy) is 6. The van der Waals surface area contributed by atoms with Crippen molar-refractivity contribution in [3.63, 3.8) is 0 Å². The van der Waals surface area contributed by atoms with Gasteiger partial charge in [-0.3, -0.25) is 24.0 Å². The number of methoxy groups -OCH3 is 1. The number of esters is 1. The number of hydrogen-bond donors (Lipinski definition) is 5. The van der Waals surface area contributed by atoms with E-state index >= 15 is 0 Å². The second-order valence-electron chi connectivity index (χ2n) is 22.6.